The maximum Gasteiger partial charge on any atom is 0.325 e. The van der Waals surface area contributed by atoms with Gasteiger partial charge < -0.3 is 21.7 Å². The molecule has 6 heteroatoms. The molecule has 0 saturated carbocycles. The summed E-state index contributed by atoms with van der Waals surface area (Å²) in [6.07, 6.45) is 4.06. The highest BCUT2D eigenvalue weighted by Crippen LogP contribution is 2.39. The van der Waals surface area contributed by atoms with Gasteiger partial charge >= 0.3 is 11.9 Å². The highest BCUT2D eigenvalue weighted by atomic mass is 16.4. The summed E-state index contributed by atoms with van der Waals surface area (Å²) in [4.78, 5) is 22.7. The fraction of sp³-hybridized carbons (Fsp3) is 0.143. The fourth-order valence-corrected chi connectivity index (χ4v) is 2.18. The van der Waals surface area contributed by atoms with Crippen molar-refractivity contribution in [2.75, 3.05) is 11.5 Å². The predicted octanol–water partition coefficient (Wildman–Crippen LogP) is 1.35. The van der Waals surface area contributed by atoms with Crippen molar-refractivity contribution in [1.29, 1.82) is 0 Å². The van der Waals surface area contributed by atoms with E-state index in [0.29, 0.717) is 22.5 Å². The minimum Gasteiger partial charge on any atom is -0.480 e. The van der Waals surface area contributed by atoms with Crippen LogP contribution in [0.5, 0.6) is 0 Å². The lowest BCUT2D eigenvalue weighted by atomic mass is 9.76. The number of rotatable bonds is 3. The standard InChI is InChI=1S/C14H14N2O4/c15-10-5-1-4-9(11(10)16)8-3-2-6-14(7-8,12(17)18)13(19)20/h1-6H,7,15-16H2,(H,17,18)(H,19,20). The van der Waals surface area contributed by atoms with Crippen LogP contribution in [0.1, 0.15) is 12.0 Å². The first-order chi connectivity index (χ1) is 9.38. The third-order valence-electron chi connectivity index (χ3n) is 3.40. The summed E-state index contributed by atoms with van der Waals surface area (Å²) in [5.41, 5.74) is 11.4. The van der Waals surface area contributed by atoms with E-state index in [2.05, 4.69) is 0 Å². The summed E-state index contributed by atoms with van der Waals surface area (Å²) in [5, 5.41) is 18.5. The Balaban J connectivity index is 2.49. The van der Waals surface area contributed by atoms with Crippen LogP contribution in [0.2, 0.25) is 0 Å². The van der Waals surface area contributed by atoms with E-state index < -0.39 is 17.4 Å². The molecule has 0 amide bonds. The normalized spacial score (nSPS) is 16.5. The van der Waals surface area contributed by atoms with Gasteiger partial charge in [0.2, 0.25) is 0 Å². The Morgan fingerprint density at radius 3 is 2.40 bits per heavy atom. The number of carboxylic acids is 2. The average molecular weight is 274 g/mol. The molecular formula is C14H14N2O4. The zero-order valence-electron chi connectivity index (χ0n) is 10.5. The maximum atomic E-state index is 11.3. The maximum absolute atomic E-state index is 11.3. The van der Waals surface area contributed by atoms with Crippen molar-refractivity contribution in [3.8, 4) is 0 Å². The van der Waals surface area contributed by atoms with Crippen LogP contribution in [-0.4, -0.2) is 22.2 Å². The largest absolute Gasteiger partial charge is 0.480 e. The zero-order valence-corrected chi connectivity index (χ0v) is 10.5. The number of para-hydroxylation sites is 1. The molecule has 6 N–H and O–H groups in total. The van der Waals surface area contributed by atoms with Crippen molar-refractivity contribution < 1.29 is 19.8 Å². The van der Waals surface area contributed by atoms with Gasteiger partial charge in [0.05, 0.1) is 11.4 Å². The minimum atomic E-state index is -1.97. The van der Waals surface area contributed by atoms with Gasteiger partial charge in [-0.25, -0.2) is 0 Å². The van der Waals surface area contributed by atoms with Crippen molar-refractivity contribution in [3.05, 3.63) is 42.0 Å². The molecule has 1 aromatic rings. The number of nitrogens with two attached hydrogens (primary N) is 2. The van der Waals surface area contributed by atoms with Crippen molar-refractivity contribution >= 4 is 28.9 Å². The van der Waals surface area contributed by atoms with Gasteiger partial charge in [-0.1, -0.05) is 30.4 Å². The van der Waals surface area contributed by atoms with Crippen LogP contribution in [0.4, 0.5) is 11.4 Å². The molecule has 0 atom stereocenters. The van der Waals surface area contributed by atoms with Gasteiger partial charge in [0, 0.05) is 12.0 Å². The molecule has 0 fully saturated rings. The second-order valence-electron chi connectivity index (χ2n) is 4.62. The van der Waals surface area contributed by atoms with Crippen molar-refractivity contribution in [3.63, 3.8) is 0 Å². The Labute approximate surface area is 115 Å². The van der Waals surface area contributed by atoms with Crippen LogP contribution >= 0.6 is 0 Å². The minimum absolute atomic E-state index is 0.179. The van der Waals surface area contributed by atoms with Crippen LogP contribution in [0.3, 0.4) is 0 Å². The first-order valence-electron chi connectivity index (χ1n) is 5.88. The quantitative estimate of drug-likeness (QED) is 0.486. The van der Waals surface area contributed by atoms with Crippen LogP contribution in [-0.2, 0) is 9.59 Å². The van der Waals surface area contributed by atoms with E-state index >= 15 is 0 Å². The summed E-state index contributed by atoms with van der Waals surface area (Å²) in [5.74, 6) is -2.82. The highest BCUT2D eigenvalue weighted by Gasteiger charge is 2.46. The Morgan fingerprint density at radius 2 is 1.80 bits per heavy atom. The van der Waals surface area contributed by atoms with E-state index in [-0.39, 0.29) is 6.42 Å². The molecule has 0 radical (unpaired) electrons. The number of allylic oxidation sites excluding steroid dienone is 3. The summed E-state index contributed by atoms with van der Waals surface area (Å²) < 4.78 is 0. The Morgan fingerprint density at radius 1 is 1.15 bits per heavy atom. The van der Waals surface area contributed by atoms with Gasteiger partial charge in [-0.05, 0) is 11.6 Å². The zero-order chi connectivity index (χ0) is 14.9. The monoisotopic (exact) mass is 274 g/mol. The van der Waals surface area contributed by atoms with Crippen LogP contribution in [0, 0.1) is 5.41 Å². The van der Waals surface area contributed by atoms with Gasteiger partial charge in [0.15, 0.2) is 5.41 Å². The number of aliphatic carboxylic acids is 2. The second-order valence-corrected chi connectivity index (χ2v) is 4.62. The van der Waals surface area contributed by atoms with Gasteiger partial charge in [-0.3, -0.25) is 9.59 Å². The van der Waals surface area contributed by atoms with E-state index in [4.69, 9.17) is 11.5 Å². The van der Waals surface area contributed by atoms with Crippen LogP contribution in [0.15, 0.2) is 36.4 Å². The van der Waals surface area contributed by atoms with Crippen LogP contribution in [0.25, 0.3) is 5.57 Å². The molecule has 6 nitrogen and oxygen atoms in total. The van der Waals surface area contributed by atoms with Crippen molar-refractivity contribution in [1.82, 2.24) is 0 Å². The Bertz CT molecular complexity index is 633. The van der Waals surface area contributed by atoms with Gasteiger partial charge in [0.25, 0.3) is 0 Å². The first-order valence-corrected chi connectivity index (χ1v) is 5.88. The molecule has 0 saturated heterocycles. The number of hydrogen-bond donors (Lipinski definition) is 4. The molecule has 0 bridgehead atoms. The number of carboxylic acid groups (broad SMARTS) is 2. The molecule has 0 aliphatic heterocycles. The molecule has 20 heavy (non-hydrogen) atoms. The van der Waals surface area contributed by atoms with Crippen LogP contribution < -0.4 is 11.5 Å². The SMILES string of the molecule is Nc1cccc(C2=CC=CC(C(=O)O)(C(=O)O)C2)c1N. The first kappa shape index (κ1) is 13.7. The molecule has 0 spiro atoms. The van der Waals surface area contributed by atoms with E-state index in [1.165, 1.54) is 12.2 Å². The lowest BCUT2D eigenvalue weighted by Crippen LogP contribution is -2.38. The summed E-state index contributed by atoms with van der Waals surface area (Å²) in [6, 6.07) is 4.99. The number of nitrogen functional groups attached to an aromatic ring is 2. The number of anilines is 2. The number of hydrogen-bond acceptors (Lipinski definition) is 4. The Kier molecular flexibility index (Phi) is 3.23. The molecule has 0 unspecified atom stereocenters. The van der Waals surface area contributed by atoms with E-state index in [1.807, 2.05) is 0 Å². The highest BCUT2D eigenvalue weighted by molar-refractivity contribution is 6.03. The number of carbonyl (C=O) groups is 2. The Hall–Kier alpha value is -2.76. The predicted molar refractivity (Wildman–Crippen MR) is 74.7 cm³/mol. The smallest absolute Gasteiger partial charge is 0.325 e. The molecule has 1 aliphatic rings. The molecular weight excluding hydrogens is 260 g/mol. The summed E-state index contributed by atoms with van der Waals surface area (Å²) >= 11 is 0. The lowest BCUT2D eigenvalue weighted by molar-refractivity contribution is -0.160. The van der Waals surface area contributed by atoms with E-state index in [0.717, 1.165) is 0 Å². The average Bonchev–Trinajstić information content (AvgIpc) is 2.41. The summed E-state index contributed by atoms with van der Waals surface area (Å²) in [7, 11) is 0. The third-order valence-corrected chi connectivity index (χ3v) is 3.40. The fourth-order valence-electron chi connectivity index (χ4n) is 2.18. The van der Waals surface area contributed by atoms with Gasteiger partial charge in [-0.15, -0.1) is 0 Å². The number of benzene rings is 1. The third kappa shape index (κ3) is 2.01. The van der Waals surface area contributed by atoms with E-state index in [1.54, 1.807) is 24.3 Å². The molecule has 104 valence electrons. The topological polar surface area (TPSA) is 127 Å². The molecule has 1 aliphatic carbocycles. The molecule has 1 aromatic carbocycles. The lowest BCUT2D eigenvalue weighted by Gasteiger charge is -2.26. The van der Waals surface area contributed by atoms with E-state index in [9.17, 15) is 19.8 Å². The van der Waals surface area contributed by atoms with Gasteiger partial charge in [0.1, 0.15) is 0 Å². The molecule has 2 rings (SSSR count). The summed E-state index contributed by atoms with van der Waals surface area (Å²) in [6.45, 7) is 0. The molecule has 0 heterocycles. The molecule has 0 aromatic heterocycles. The van der Waals surface area contributed by atoms with Gasteiger partial charge in [-0.2, -0.15) is 0 Å². The van der Waals surface area contributed by atoms with Crippen molar-refractivity contribution in [2.45, 2.75) is 6.42 Å². The van der Waals surface area contributed by atoms with Crippen molar-refractivity contribution in [2.24, 2.45) is 5.41 Å². The second kappa shape index (κ2) is 4.73.